The molecule has 2 amide bonds. The first-order chi connectivity index (χ1) is 12.6. The van der Waals surface area contributed by atoms with Gasteiger partial charge in [0.2, 0.25) is 0 Å². The van der Waals surface area contributed by atoms with E-state index in [0.29, 0.717) is 11.1 Å². The minimum absolute atomic E-state index is 0.127. The Balaban J connectivity index is 2.16. The third kappa shape index (κ3) is 3.49. The van der Waals surface area contributed by atoms with Gasteiger partial charge in [0.1, 0.15) is 5.70 Å². The molecule has 3 rings (SSSR count). The lowest BCUT2D eigenvalue weighted by molar-refractivity contribution is -0.139. The number of ether oxygens (including phenoxy) is 1. The molecule has 0 bridgehead atoms. The Bertz CT molecular complexity index is 860. The normalized spacial score (nSPS) is 16.5. The van der Waals surface area contributed by atoms with Crippen LogP contribution in [0.15, 0.2) is 71.9 Å². The van der Waals surface area contributed by atoms with Crippen molar-refractivity contribution in [1.29, 1.82) is 0 Å². The van der Waals surface area contributed by atoms with Crippen LogP contribution in [0.4, 0.5) is 4.79 Å². The molecule has 1 atom stereocenters. The van der Waals surface area contributed by atoms with Crippen molar-refractivity contribution < 1.29 is 19.1 Å². The molecule has 0 saturated carbocycles. The highest BCUT2D eigenvalue weighted by Gasteiger charge is 2.36. The number of urea groups is 1. The lowest BCUT2D eigenvalue weighted by Gasteiger charge is -2.29. The Kier molecular flexibility index (Phi) is 5.12. The summed E-state index contributed by atoms with van der Waals surface area (Å²) in [6.45, 7) is 1.79. The molecule has 2 N–H and O–H groups in total. The number of Topliss-reactive ketones (excluding diaryl/α,β-unsaturated/α-hetero) is 1. The van der Waals surface area contributed by atoms with Crippen molar-refractivity contribution in [3.8, 4) is 0 Å². The van der Waals surface area contributed by atoms with Crippen molar-refractivity contribution in [2.24, 2.45) is 0 Å². The number of hydrogen-bond donors (Lipinski definition) is 2. The number of nitrogens with one attached hydrogen (secondary N) is 2. The van der Waals surface area contributed by atoms with E-state index in [9.17, 15) is 14.4 Å². The van der Waals surface area contributed by atoms with Crippen LogP contribution in [0, 0.1) is 0 Å². The molecule has 0 spiro atoms. The van der Waals surface area contributed by atoms with E-state index in [1.807, 2.05) is 6.07 Å². The molecule has 0 aliphatic carbocycles. The van der Waals surface area contributed by atoms with Crippen molar-refractivity contribution >= 4 is 17.8 Å². The van der Waals surface area contributed by atoms with E-state index in [2.05, 4.69) is 10.6 Å². The monoisotopic (exact) mass is 350 g/mol. The van der Waals surface area contributed by atoms with Gasteiger partial charge in [0.05, 0.1) is 18.2 Å². The minimum atomic E-state index is -0.753. The van der Waals surface area contributed by atoms with E-state index in [1.165, 1.54) is 0 Å². The van der Waals surface area contributed by atoms with Gasteiger partial charge >= 0.3 is 12.0 Å². The number of benzene rings is 2. The van der Waals surface area contributed by atoms with Crippen LogP contribution in [0.5, 0.6) is 0 Å². The summed E-state index contributed by atoms with van der Waals surface area (Å²) in [5.74, 6) is -1.09. The molecule has 0 fully saturated rings. The Hall–Kier alpha value is -3.41. The van der Waals surface area contributed by atoms with Gasteiger partial charge in [0.25, 0.3) is 0 Å². The molecule has 1 aliphatic rings. The zero-order valence-corrected chi connectivity index (χ0v) is 14.2. The van der Waals surface area contributed by atoms with Gasteiger partial charge in [0, 0.05) is 5.56 Å². The predicted octanol–water partition coefficient (Wildman–Crippen LogP) is 2.74. The van der Waals surface area contributed by atoms with Crippen LogP contribution in [-0.2, 0) is 9.53 Å². The second-order valence-corrected chi connectivity index (χ2v) is 5.65. The van der Waals surface area contributed by atoms with Gasteiger partial charge in [-0.2, -0.15) is 0 Å². The van der Waals surface area contributed by atoms with Crippen molar-refractivity contribution in [3.05, 3.63) is 83.1 Å². The van der Waals surface area contributed by atoms with Crippen molar-refractivity contribution in [2.45, 2.75) is 13.0 Å². The maximum atomic E-state index is 13.2. The van der Waals surface area contributed by atoms with E-state index in [4.69, 9.17) is 4.74 Å². The standard InChI is InChI=1S/C20H18N2O4/c1-2-26-19(24)17-15(18(23)14-11-7-4-8-12-14)16(21-20(25)22-17)13-9-5-3-6-10-13/h3-12,16H,2H2,1H3,(H2,21,22,25). The van der Waals surface area contributed by atoms with Crippen LogP contribution in [0.3, 0.4) is 0 Å². The number of amides is 2. The first-order valence-electron chi connectivity index (χ1n) is 8.25. The molecular formula is C20H18N2O4. The molecule has 0 aromatic heterocycles. The molecule has 2 aromatic carbocycles. The second-order valence-electron chi connectivity index (χ2n) is 5.65. The van der Waals surface area contributed by atoms with E-state index in [0.717, 1.165) is 0 Å². The van der Waals surface area contributed by atoms with Gasteiger partial charge < -0.3 is 15.4 Å². The molecule has 1 unspecified atom stereocenters. The van der Waals surface area contributed by atoms with Gasteiger partial charge in [-0.15, -0.1) is 0 Å². The van der Waals surface area contributed by atoms with Crippen molar-refractivity contribution in [2.75, 3.05) is 6.61 Å². The number of carbonyl (C=O) groups is 3. The van der Waals surface area contributed by atoms with Gasteiger partial charge in [-0.3, -0.25) is 4.79 Å². The molecule has 1 aliphatic heterocycles. The Morgan fingerprint density at radius 2 is 1.62 bits per heavy atom. The molecule has 132 valence electrons. The quantitative estimate of drug-likeness (QED) is 0.641. The fourth-order valence-electron chi connectivity index (χ4n) is 2.81. The number of carbonyl (C=O) groups excluding carboxylic acids is 3. The van der Waals surface area contributed by atoms with E-state index >= 15 is 0 Å². The number of rotatable bonds is 5. The summed E-state index contributed by atoms with van der Waals surface area (Å²) >= 11 is 0. The fourth-order valence-corrected chi connectivity index (χ4v) is 2.81. The maximum Gasteiger partial charge on any atom is 0.355 e. The van der Waals surface area contributed by atoms with Gasteiger partial charge in [-0.25, -0.2) is 9.59 Å². The average molecular weight is 350 g/mol. The summed E-state index contributed by atoms with van der Waals surface area (Å²) in [7, 11) is 0. The summed E-state index contributed by atoms with van der Waals surface area (Å²) in [4.78, 5) is 37.6. The van der Waals surface area contributed by atoms with Crippen LogP contribution in [0.2, 0.25) is 0 Å². The zero-order valence-electron chi connectivity index (χ0n) is 14.2. The van der Waals surface area contributed by atoms with Crippen LogP contribution in [-0.4, -0.2) is 24.4 Å². The third-order valence-corrected chi connectivity index (χ3v) is 3.97. The minimum Gasteiger partial charge on any atom is -0.461 e. The Labute approximate surface area is 150 Å². The molecule has 1 heterocycles. The molecule has 6 nitrogen and oxygen atoms in total. The van der Waals surface area contributed by atoms with Crippen LogP contribution in [0.1, 0.15) is 28.9 Å². The number of hydrogen-bond acceptors (Lipinski definition) is 4. The van der Waals surface area contributed by atoms with Gasteiger partial charge in [-0.1, -0.05) is 60.7 Å². The molecule has 2 aromatic rings. The zero-order chi connectivity index (χ0) is 18.5. The average Bonchev–Trinajstić information content (AvgIpc) is 2.68. The highest BCUT2D eigenvalue weighted by molar-refractivity contribution is 6.15. The van der Waals surface area contributed by atoms with Crippen LogP contribution in [0.25, 0.3) is 0 Å². The van der Waals surface area contributed by atoms with E-state index < -0.39 is 18.0 Å². The topological polar surface area (TPSA) is 84.5 Å². The first-order valence-corrected chi connectivity index (χ1v) is 8.25. The predicted molar refractivity (Wildman–Crippen MR) is 95.3 cm³/mol. The third-order valence-electron chi connectivity index (χ3n) is 3.97. The van der Waals surface area contributed by atoms with E-state index in [-0.39, 0.29) is 23.7 Å². The summed E-state index contributed by atoms with van der Waals surface area (Å²) in [6.07, 6.45) is 0. The van der Waals surface area contributed by atoms with Crippen molar-refractivity contribution in [1.82, 2.24) is 10.6 Å². The van der Waals surface area contributed by atoms with Crippen molar-refractivity contribution in [3.63, 3.8) is 0 Å². The number of esters is 1. The lowest BCUT2D eigenvalue weighted by atomic mass is 9.89. The summed E-state index contributed by atoms with van der Waals surface area (Å²) < 4.78 is 5.04. The highest BCUT2D eigenvalue weighted by Crippen LogP contribution is 2.29. The lowest BCUT2D eigenvalue weighted by Crippen LogP contribution is -2.47. The summed E-state index contributed by atoms with van der Waals surface area (Å²) in [5.41, 5.74) is 1.14. The molecule has 0 saturated heterocycles. The fraction of sp³-hybridized carbons (Fsp3) is 0.150. The highest BCUT2D eigenvalue weighted by atomic mass is 16.5. The summed E-state index contributed by atoms with van der Waals surface area (Å²) in [6, 6.07) is 16.3. The molecule has 26 heavy (non-hydrogen) atoms. The van der Waals surface area contributed by atoms with E-state index in [1.54, 1.807) is 61.5 Å². The maximum absolute atomic E-state index is 13.2. The molecule has 6 heteroatoms. The van der Waals surface area contributed by atoms with Crippen LogP contribution >= 0.6 is 0 Å². The smallest absolute Gasteiger partial charge is 0.355 e. The van der Waals surface area contributed by atoms with Crippen LogP contribution < -0.4 is 10.6 Å². The Morgan fingerprint density at radius 3 is 2.23 bits per heavy atom. The van der Waals surface area contributed by atoms with Gasteiger partial charge in [0.15, 0.2) is 5.78 Å². The van der Waals surface area contributed by atoms with Gasteiger partial charge in [-0.05, 0) is 12.5 Å². The molecular weight excluding hydrogens is 332 g/mol. The molecule has 0 radical (unpaired) electrons. The first kappa shape index (κ1) is 17.4. The number of ketones is 1. The second kappa shape index (κ2) is 7.65. The SMILES string of the molecule is CCOC(=O)C1=C(C(=O)c2ccccc2)C(c2ccccc2)NC(=O)N1. The summed E-state index contributed by atoms with van der Waals surface area (Å²) in [5, 5.41) is 5.16. The largest absolute Gasteiger partial charge is 0.461 e. The Morgan fingerprint density at radius 1 is 1.00 bits per heavy atom.